The van der Waals surface area contributed by atoms with E-state index in [9.17, 15) is 9.59 Å². The number of hydrogen-bond donors (Lipinski definition) is 2. The average Bonchev–Trinajstić information content (AvgIpc) is 2.94. The van der Waals surface area contributed by atoms with Gasteiger partial charge < -0.3 is 10.6 Å². The maximum absolute atomic E-state index is 13.9. The monoisotopic (exact) mass is 450 g/mol. The molecule has 156 valence electrons. The molecule has 1 saturated heterocycles. The summed E-state index contributed by atoms with van der Waals surface area (Å²) >= 11 is 12.7. The van der Waals surface area contributed by atoms with Gasteiger partial charge in [0.25, 0.3) is 0 Å². The van der Waals surface area contributed by atoms with Crippen LogP contribution in [0.1, 0.15) is 29.5 Å². The van der Waals surface area contributed by atoms with Crippen LogP contribution in [0.25, 0.3) is 0 Å². The third-order valence-electron chi connectivity index (χ3n) is 6.67. The lowest BCUT2D eigenvalue weighted by atomic mass is 9.53. The molecule has 31 heavy (non-hydrogen) atoms. The molecule has 4 nitrogen and oxygen atoms in total. The number of nitrogens with one attached hydrogen (secondary N) is 2. The summed E-state index contributed by atoms with van der Waals surface area (Å²) in [5.74, 6) is -0.209. The van der Waals surface area contributed by atoms with Crippen LogP contribution < -0.4 is 10.6 Å². The molecule has 3 aromatic carbocycles. The first kappa shape index (κ1) is 20.1. The van der Waals surface area contributed by atoms with E-state index < -0.39 is 10.8 Å². The number of hydrogen-bond acceptors (Lipinski definition) is 2. The summed E-state index contributed by atoms with van der Waals surface area (Å²) in [6, 6.07) is 23.0. The van der Waals surface area contributed by atoms with Crippen molar-refractivity contribution in [3.8, 4) is 0 Å². The van der Waals surface area contributed by atoms with Gasteiger partial charge in [0.2, 0.25) is 11.8 Å². The second-order valence-electron chi connectivity index (χ2n) is 8.11. The highest BCUT2D eigenvalue weighted by atomic mass is 35.5. The normalized spacial score (nSPS) is 25.0. The standard InChI is InChI=1S/C25H20Cl2N2O2/c26-18-8-4-7-17(13-18)25(16-5-2-1-3-6-16)15-28-22(30)11-12-24(25)20-10-9-19(27)14-21(20)29-23(24)31/h1-10,13-14H,11-12,15H2,(H,28,30)(H,29,31)/t24-,25-/m1/s1. The molecular weight excluding hydrogens is 431 g/mol. The molecule has 2 atom stereocenters. The fraction of sp³-hybridized carbons (Fsp3) is 0.200. The summed E-state index contributed by atoms with van der Waals surface area (Å²) < 4.78 is 0. The molecule has 0 saturated carbocycles. The molecule has 0 radical (unpaired) electrons. The van der Waals surface area contributed by atoms with Crippen molar-refractivity contribution < 1.29 is 9.59 Å². The Hall–Kier alpha value is -2.82. The van der Waals surface area contributed by atoms with Crippen LogP contribution in [0.15, 0.2) is 72.8 Å². The molecule has 2 heterocycles. The number of carbonyl (C=O) groups excluding carboxylic acids is 2. The topological polar surface area (TPSA) is 58.2 Å². The van der Waals surface area contributed by atoms with Crippen LogP contribution in [0.5, 0.6) is 0 Å². The Labute approximate surface area is 190 Å². The number of fused-ring (bicyclic) bond motifs is 2. The number of halogens is 2. The Morgan fingerprint density at radius 2 is 1.52 bits per heavy atom. The van der Waals surface area contributed by atoms with Gasteiger partial charge >= 0.3 is 0 Å². The molecule has 1 fully saturated rings. The van der Waals surface area contributed by atoms with Gasteiger partial charge in [0.05, 0.1) is 10.8 Å². The molecule has 0 bridgehead atoms. The van der Waals surface area contributed by atoms with Crippen LogP contribution in [0.4, 0.5) is 5.69 Å². The number of amides is 2. The van der Waals surface area contributed by atoms with E-state index in [0.717, 1.165) is 16.7 Å². The summed E-state index contributed by atoms with van der Waals surface area (Å²) in [5.41, 5.74) is 1.48. The predicted octanol–water partition coefficient (Wildman–Crippen LogP) is 5.08. The minimum atomic E-state index is -1.02. The van der Waals surface area contributed by atoms with Gasteiger partial charge in [-0.05, 0) is 47.4 Å². The SMILES string of the molecule is O=C1CC[C@@]2(C(=O)Nc3cc(Cl)ccc32)[C@](c2ccccc2)(c2cccc(Cl)c2)CN1. The van der Waals surface area contributed by atoms with Crippen molar-refractivity contribution >= 4 is 40.7 Å². The molecule has 2 aliphatic rings. The van der Waals surface area contributed by atoms with Crippen LogP contribution in [-0.4, -0.2) is 18.4 Å². The lowest BCUT2D eigenvalue weighted by Crippen LogP contribution is -2.57. The van der Waals surface area contributed by atoms with Crippen molar-refractivity contribution in [3.05, 3.63) is 99.5 Å². The van der Waals surface area contributed by atoms with Crippen LogP contribution in [0.3, 0.4) is 0 Å². The molecule has 0 unspecified atom stereocenters. The van der Waals surface area contributed by atoms with E-state index in [1.54, 1.807) is 12.1 Å². The van der Waals surface area contributed by atoms with E-state index >= 15 is 0 Å². The summed E-state index contributed by atoms with van der Waals surface area (Å²) in [5, 5.41) is 7.26. The number of rotatable bonds is 2. The Bertz CT molecular complexity index is 1200. The number of carbonyl (C=O) groups is 2. The number of benzene rings is 3. The van der Waals surface area contributed by atoms with E-state index in [0.29, 0.717) is 22.2 Å². The highest BCUT2D eigenvalue weighted by molar-refractivity contribution is 6.31. The summed E-state index contributed by atoms with van der Waals surface area (Å²) in [6.07, 6.45) is 0.603. The van der Waals surface area contributed by atoms with Gasteiger partial charge in [0.15, 0.2) is 0 Å². The molecule has 5 rings (SSSR count). The fourth-order valence-corrected chi connectivity index (χ4v) is 5.70. The van der Waals surface area contributed by atoms with E-state index in [2.05, 4.69) is 10.6 Å². The smallest absolute Gasteiger partial charge is 0.236 e. The first-order valence-corrected chi connectivity index (χ1v) is 10.9. The van der Waals surface area contributed by atoms with E-state index in [1.165, 1.54) is 0 Å². The quantitative estimate of drug-likeness (QED) is 0.571. The molecule has 2 amide bonds. The maximum Gasteiger partial charge on any atom is 0.236 e. The molecule has 2 N–H and O–H groups in total. The lowest BCUT2D eigenvalue weighted by Gasteiger charge is -2.47. The van der Waals surface area contributed by atoms with Crippen LogP contribution in [-0.2, 0) is 20.4 Å². The lowest BCUT2D eigenvalue weighted by molar-refractivity contribution is -0.123. The Kier molecular flexibility index (Phi) is 4.80. The Morgan fingerprint density at radius 3 is 2.29 bits per heavy atom. The Balaban J connectivity index is 1.91. The van der Waals surface area contributed by atoms with Gasteiger partial charge in [-0.2, -0.15) is 0 Å². The van der Waals surface area contributed by atoms with Crippen molar-refractivity contribution in [1.29, 1.82) is 0 Å². The fourth-order valence-electron chi connectivity index (χ4n) is 5.34. The van der Waals surface area contributed by atoms with Crippen molar-refractivity contribution in [2.75, 3.05) is 11.9 Å². The maximum atomic E-state index is 13.9. The summed E-state index contributed by atoms with van der Waals surface area (Å²) in [6.45, 7) is 0.270. The zero-order valence-electron chi connectivity index (χ0n) is 16.6. The average molecular weight is 451 g/mol. The second kappa shape index (κ2) is 7.40. The highest BCUT2D eigenvalue weighted by Crippen LogP contribution is 2.57. The van der Waals surface area contributed by atoms with Crippen molar-refractivity contribution in [2.45, 2.75) is 23.7 Å². The molecule has 6 heteroatoms. The third kappa shape index (κ3) is 2.89. The molecular formula is C25H20Cl2N2O2. The number of anilines is 1. The second-order valence-corrected chi connectivity index (χ2v) is 8.98. The molecule has 0 aliphatic carbocycles. The summed E-state index contributed by atoms with van der Waals surface area (Å²) in [4.78, 5) is 26.5. The van der Waals surface area contributed by atoms with Gasteiger partial charge in [0.1, 0.15) is 0 Å². The Morgan fingerprint density at radius 1 is 0.774 bits per heavy atom. The van der Waals surface area contributed by atoms with Crippen LogP contribution in [0.2, 0.25) is 10.0 Å². The van der Waals surface area contributed by atoms with Crippen LogP contribution in [0, 0.1) is 0 Å². The minimum absolute atomic E-state index is 0.0746. The van der Waals surface area contributed by atoms with Crippen molar-refractivity contribution in [3.63, 3.8) is 0 Å². The first-order chi connectivity index (χ1) is 15.0. The molecule has 2 aliphatic heterocycles. The third-order valence-corrected chi connectivity index (χ3v) is 7.14. The van der Waals surface area contributed by atoms with E-state index in [-0.39, 0.29) is 24.8 Å². The van der Waals surface area contributed by atoms with Gasteiger partial charge in [-0.3, -0.25) is 9.59 Å². The van der Waals surface area contributed by atoms with E-state index in [1.807, 2.05) is 60.7 Å². The summed E-state index contributed by atoms with van der Waals surface area (Å²) in [7, 11) is 0. The van der Waals surface area contributed by atoms with Gasteiger partial charge in [-0.1, -0.05) is 71.7 Å². The van der Waals surface area contributed by atoms with Crippen molar-refractivity contribution in [2.24, 2.45) is 0 Å². The largest absolute Gasteiger partial charge is 0.355 e. The first-order valence-electron chi connectivity index (χ1n) is 10.2. The molecule has 3 aromatic rings. The zero-order valence-corrected chi connectivity index (χ0v) is 18.1. The molecule has 1 spiro atoms. The van der Waals surface area contributed by atoms with Gasteiger partial charge in [-0.15, -0.1) is 0 Å². The van der Waals surface area contributed by atoms with E-state index in [4.69, 9.17) is 23.2 Å². The molecule has 0 aromatic heterocycles. The zero-order chi connectivity index (χ0) is 21.6. The van der Waals surface area contributed by atoms with Crippen molar-refractivity contribution in [1.82, 2.24) is 5.32 Å². The van der Waals surface area contributed by atoms with Crippen LogP contribution >= 0.6 is 23.2 Å². The minimum Gasteiger partial charge on any atom is -0.355 e. The van der Waals surface area contributed by atoms with Gasteiger partial charge in [0, 0.05) is 28.7 Å². The van der Waals surface area contributed by atoms with Gasteiger partial charge in [-0.25, -0.2) is 0 Å². The predicted molar refractivity (Wildman–Crippen MR) is 123 cm³/mol. The highest BCUT2D eigenvalue weighted by Gasteiger charge is 2.63.